The second-order valence-electron chi connectivity index (χ2n) is 11.3. The first kappa shape index (κ1) is 33.0. The Hall–Kier alpha value is -3.86. The van der Waals surface area contributed by atoms with Gasteiger partial charge in [-0.05, 0) is 37.8 Å². The number of hydrogen-bond donors (Lipinski definition) is 3. The van der Waals surface area contributed by atoms with E-state index in [9.17, 15) is 14.4 Å². The van der Waals surface area contributed by atoms with E-state index in [1.54, 1.807) is 7.11 Å². The highest BCUT2D eigenvalue weighted by atomic mass is 35.5. The van der Waals surface area contributed by atoms with E-state index in [1.165, 1.54) is 4.90 Å². The highest BCUT2D eigenvalue weighted by Crippen LogP contribution is 2.45. The zero-order valence-electron chi connectivity index (χ0n) is 24.3. The first-order chi connectivity index (χ1) is 20.3. The van der Waals surface area contributed by atoms with Gasteiger partial charge in [-0.25, -0.2) is 4.98 Å². The van der Waals surface area contributed by atoms with Crippen LogP contribution in [0.4, 0.5) is 0 Å². The molecule has 5 N–H and O–H groups in total. The minimum atomic E-state index is -1.14. The van der Waals surface area contributed by atoms with Gasteiger partial charge in [0.15, 0.2) is 0 Å². The molecule has 1 saturated heterocycles. The fourth-order valence-electron chi connectivity index (χ4n) is 6.08. The van der Waals surface area contributed by atoms with Crippen LogP contribution in [0.2, 0.25) is 0 Å². The van der Waals surface area contributed by atoms with Crippen LogP contribution in [-0.4, -0.2) is 65.0 Å². The van der Waals surface area contributed by atoms with Gasteiger partial charge >= 0.3 is 0 Å². The summed E-state index contributed by atoms with van der Waals surface area (Å²) >= 11 is 0. The van der Waals surface area contributed by atoms with Gasteiger partial charge in [0.1, 0.15) is 29.2 Å². The summed E-state index contributed by atoms with van der Waals surface area (Å²) in [7, 11) is 1.60. The molecule has 1 aliphatic carbocycles. The van der Waals surface area contributed by atoms with Gasteiger partial charge in [0.05, 0.1) is 30.9 Å². The molecule has 5 atom stereocenters. The second kappa shape index (κ2) is 13.4. The predicted molar refractivity (Wildman–Crippen MR) is 172 cm³/mol. The average Bonchev–Trinajstić information content (AvgIpc) is 3.53. The summed E-state index contributed by atoms with van der Waals surface area (Å²) in [4.78, 5) is 46.0. The standard InChI is InChI=1S/C32H35N5O5.2ClH/c1-41-21-12-13-23-26(14-21)35-25(19-8-4-2-5-9-19)16-28(23)42-22-15-27-29(38)36-32(31(34)40)17-20(32)10-6-3-7-11-24(33)30(39)37(27)18-22;;/h2,4-6,8-10,12-14,16,20,22,24,27H,3,7,11,15,17-18,33H2,1H3,(H2,34,40)(H,36,38);2*1H. The van der Waals surface area contributed by atoms with Crippen molar-refractivity contribution >= 4 is 53.4 Å². The number of nitrogens with zero attached hydrogens (tertiary/aromatic N) is 2. The molecule has 12 heteroatoms. The number of fused-ring (bicyclic) bond motifs is 3. The molecule has 2 fully saturated rings. The molecular weight excluding hydrogens is 605 g/mol. The molecule has 1 aromatic heterocycles. The molecule has 44 heavy (non-hydrogen) atoms. The minimum absolute atomic E-state index is 0. The maximum Gasteiger partial charge on any atom is 0.243 e. The van der Waals surface area contributed by atoms with Crippen molar-refractivity contribution in [3.05, 3.63) is 66.7 Å². The van der Waals surface area contributed by atoms with Crippen LogP contribution < -0.4 is 26.3 Å². The zero-order valence-corrected chi connectivity index (χ0v) is 25.9. The quantitative estimate of drug-likeness (QED) is 0.361. The Balaban J connectivity index is 0.00000221. The number of carbonyl (C=O) groups excluding carboxylic acids is 3. The van der Waals surface area contributed by atoms with E-state index < -0.39 is 35.5 Å². The number of pyridine rings is 1. The van der Waals surface area contributed by atoms with Gasteiger partial charge in [-0.15, -0.1) is 24.8 Å². The molecule has 10 nitrogen and oxygen atoms in total. The minimum Gasteiger partial charge on any atom is -0.497 e. The normalized spacial score (nSPS) is 26.4. The van der Waals surface area contributed by atoms with Gasteiger partial charge in [-0.3, -0.25) is 14.4 Å². The molecule has 0 bridgehead atoms. The van der Waals surface area contributed by atoms with E-state index in [2.05, 4.69) is 5.32 Å². The average molecular weight is 643 g/mol. The lowest BCUT2D eigenvalue weighted by Gasteiger charge is -2.27. The number of rotatable bonds is 5. The molecule has 234 valence electrons. The SMILES string of the molecule is COc1ccc2c(OC3CC4C(=O)NC5(C(N)=O)CC5C=CCCCC(N)C(=O)N4C3)cc(-c3ccccc3)nc2c1.Cl.Cl. The smallest absolute Gasteiger partial charge is 0.243 e. The number of nitrogens with one attached hydrogen (secondary N) is 1. The number of amides is 3. The summed E-state index contributed by atoms with van der Waals surface area (Å²) in [5, 5.41) is 3.67. The van der Waals surface area contributed by atoms with E-state index >= 15 is 0 Å². The van der Waals surface area contributed by atoms with Crippen molar-refractivity contribution in [1.29, 1.82) is 0 Å². The number of halogens is 2. The third-order valence-electron chi connectivity index (χ3n) is 8.56. The number of hydrogen-bond acceptors (Lipinski definition) is 7. The Bertz CT molecular complexity index is 1570. The van der Waals surface area contributed by atoms with Crippen molar-refractivity contribution in [2.75, 3.05) is 13.7 Å². The maximum atomic E-state index is 13.7. The monoisotopic (exact) mass is 641 g/mol. The van der Waals surface area contributed by atoms with Gasteiger partial charge in [-0.1, -0.05) is 42.5 Å². The predicted octanol–water partition coefficient (Wildman–Crippen LogP) is 3.53. The maximum absolute atomic E-state index is 13.7. The molecular formula is C32H37Cl2N5O5. The highest BCUT2D eigenvalue weighted by Gasteiger charge is 2.60. The van der Waals surface area contributed by atoms with Crippen molar-refractivity contribution in [3.63, 3.8) is 0 Å². The van der Waals surface area contributed by atoms with E-state index in [4.69, 9.17) is 25.9 Å². The summed E-state index contributed by atoms with van der Waals surface area (Å²) in [5.41, 5.74) is 13.3. The lowest BCUT2D eigenvalue weighted by molar-refractivity contribution is -0.140. The number of ether oxygens (including phenoxy) is 2. The van der Waals surface area contributed by atoms with Crippen molar-refractivity contribution in [2.24, 2.45) is 17.4 Å². The van der Waals surface area contributed by atoms with Gasteiger partial charge in [0, 0.05) is 35.4 Å². The first-order valence-corrected chi connectivity index (χ1v) is 14.3. The van der Waals surface area contributed by atoms with Crippen LogP contribution in [0, 0.1) is 5.92 Å². The number of aromatic nitrogens is 1. The molecule has 1 saturated carbocycles. The van der Waals surface area contributed by atoms with Gasteiger partial charge in [0.2, 0.25) is 17.7 Å². The van der Waals surface area contributed by atoms with E-state index in [0.717, 1.165) is 23.1 Å². The highest BCUT2D eigenvalue weighted by molar-refractivity contribution is 5.97. The second-order valence-corrected chi connectivity index (χ2v) is 11.3. The van der Waals surface area contributed by atoms with Crippen LogP contribution in [0.15, 0.2) is 66.7 Å². The largest absolute Gasteiger partial charge is 0.497 e. The van der Waals surface area contributed by atoms with Crippen molar-refractivity contribution in [1.82, 2.24) is 15.2 Å². The van der Waals surface area contributed by atoms with Crippen molar-refractivity contribution in [2.45, 2.75) is 55.8 Å². The molecule has 3 aromatic rings. The molecule has 2 aromatic carbocycles. The van der Waals surface area contributed by atoms with Crippen molar-refractivity contribution in [3.8, 4) is 22.8 Å². The van der Waals surface area contributed by atoms with Crippen LogP contribution in [0.5, 0.6) is 11.5 Å². The molecule has 3 heterocycles. The zero-order chi connectivity index (χ0) is 29.4. The molecule has 5 unspecified atom stereocenters. The van der Waals surface area contributed by atoms with Crippen LogP contribution in [0.1, 0.15) is 32.1 Å². The molecule has 3 aliphatic rings. The van der Waals surface area contributed by atoms with Gasteiger partial charge in [-0.2, -0.15) is 0 Å². The summed E-state index contributed by atoms with van der Waals surface area (Å²) < 4.78 is 12.0. The molecule has 6 rings (SSSR count). The van der Waals surface area contributed by atoms with Crippen LogP contribution in [-0.2, 0) is 14.4 Å². The third-order valence-corrected chi connectivity index (χ3v) is 8.56. The van der Waals surface area contributed by atoms with E-state index in [0.29, 0.717) is 36.3 Å². The summed E-state index contributed by atoms with van der Waals surface area (Å²) in [6.07, 6.45) is 6.01. The fourth-order valence-corrected chi connectivity index (χ4v) is 6.08. The fraction of sp³-hybridized carbons (Fsp3) is 0.375. The third kappa shape index (κ3) is 6.33. The Kier molecular flexibility index (Phi) is 10.1. The van der Waals surface area contributed by atoms with Gasteiger partial charge in [0.25, 0.3) is 0 Å². The van der Waals surface area contributed by atoms with Gasteiger partial charge < -0.3 is 31.2 Å². The molecule has 2 aliphatic heterocycles. The van der Waals surface area contributed by atoms with Crippen LogP contribution in [0.3, 0.4) is 0 Å². The topological polar surface area (TPSA) is 150 Å². The summed E-state index contributed by atoms with van der Waals surface area (Å²) in [5.74, 6) is -0.224. The van der Waals surface area contributed by atoms with E-state index in [-0.39, 0.29) is 49.6 Å². The first-order valence-electron chi connectivity index (χ1n) is 14.3. The lowest BCUT2D eigenvalue weighted by Crippen LogP contribution is -2.56. The van der Waals surface area contributed by atoms with Crippen molar-refractivity contribution < 1.29 is 23.9 Å². The summed E-state index contributed by atoms with van der Waals surface area (Å²) in [6, 6.07) is 15.6. The molecule has 0 spiro atoms. The Morgan fingerprint density at radius 2 is 1.89 bits per heavy atom. The lowest BCUT2D eigenvalue weighted by atomic mass is 10.1. The van der Waals surface area contributed by atoms with Crippen LogP contribution in [0.25, 0.3) is 22.2 Å². The number of benzene rings is 2. The number of carbonyl (C=O) groups is 3. The Morgan fingerprint density at radius 3 is 2.61 bits per heavy atom. The number of allylic oxidation sites excluding steroid dienone is 1. The number of primary amides is 1. The summed E-state index contributed by atoms with van der Waals surface area (Å²) in [6.45, 7) is 0.177. The number of nitrogens with two attached hydrogens (primary N) is 2. The number of methoxy groups -OCH3 is 1. The Morgan fingerprint density at radius 1 is 1.11 bits per heavy atom. The van der Waals surface area contributed by atoms with Crippen LogP contribution >= 0.6 is 24.8 Å². The molecule has 3 amide bonds. The molecule has 0 radical (unpaired) electrons. The Labute approximate surface area is 268 Å². The van der Waals surface area contributed by atoms with E-state index in [1.807, 2.05) is 66.7 Å².